The molecule has 1 aromatic heterocycles. The van der Waals surface area contributed by atoms with Crippen LogP contribution in [0, 0.1) is 0 Å². The van der Waals surface area contributed by atoms with Crippen molar-refractivity contribution < 1.29 is 8.78 Å². The van der Waals surface area contributed by atoms with E-state index in [4.69, 9.17) is 0 Å². The van der Waals surface area contributed by atoms with Gasteiger partial charge in [0.25, 0.3) is 6.43 Å². The summed E-state index contributed by atoms with van der Waals surface area (Å²) in [4.78, 5) is 9.81. The first-order chi connectivity index (χ1) is 7.56. The molecule has 0 unspecified atom stereocenters. The number of alkyl halides is 2. The highest BCUT2D eigenvalue weighted by atomic mass is 19.3. The summed E-state index contributed by atoms with van der Waals surface area (Å²) < 4.78 is 24.5. The fourth-order valence-electron chi connectivity index (χ4n) is 1.27. The minimum absolute atomic E-state index is 0.330. The highest BCUT2D eigenvalue weighted by Crippen LogP contribution is 2.15. The van der Waals surface area contributed by atoms with Gasteiger partial charge in [-0.1, -0.05) is 6.92 Å². The van der Waals surface area contributed by atoms with Crippen molar-refractivity contribution in [3.8, 4) is 0 Å². The molecule has 16 heavy (non-hydrogen) atoms. The minimum Gasteiger partial charge on any atom is -0.373 e. The average molecular weight is 230 g/mol. The Morgan fingerprint density at radius 2 is 2.12 bits per heavy atom. The van der Waals surface area contributed by atoms with Crippen molar-refractivity contribution in [1.82, 2.24) is 9.97 Å². The Balaban J connectivity index is 2.93. The van der Waals surface area contributed by atoms with Gasteiger partial charge in [-0.15, -0.1) is 0 Å². The molecule has 1 N–H and O–H groups in total. The van der Waals surface area contributed by atoms with Crippen LogP contribution in [-0.4, -0.2) is 37.0 Å². The molecular formula is C10H16F2N4. The maximum Gasteiger partial charge on any atom is 0.255 e. The molecule has 0 aliphatic heterocycles. The van der Waals surface area contributed by atoms with Gasteiger partial charge in [-0.3, -0.25) is 0 Å². The van der Waals surface area contributed by atoms with Gasteiger partial charge >= 0.3 is 0 Å². The lowest BCUT2D eigenvalue weighted by atomic mass is 10.4. The largest absolute Gasteiger partial charge is 0.373 e. The van der Waals surface area contributed by atoms with Crippen LogP contribution in [0.4, 0.5) is 20.4 Å². The molecule has 0 amide bonds. The molecule has 0 spiro atoms. The van der Waals surface area contributed by atoms with Gasteiger partial charge in [0.05, 0.1) is 6.54 Å². The average Bonchev–Trinajstić information content (AvgIpc) is 2.27. The normalized spacial score (nSPS) is 10.6. The third-order valence-electron chi connectivity index (χ3n) is 2.13. The third-order valence-corrected chi connectivity index (χ3v) is 2.13. The second-order valence-electron chi connectivity index (χ2n) is 3.40. The molecule has 1 heterocycles. The van der Waals surface area contributed by atoms with Crippen molar-refractivity contribution in [2.45, 2.75) is 19.8 Å². The van der Waals surface area contributed by atoms with Crippen molar-refractivity contribution in [2.75, 3.05) is 30.9 Å². The zero-order valence-electron chi connectivity index (χ0n) is 9.67. The monoisotopic (exact) mass is 230 g/mol. The molecule has 0 fully saturated rings. The number of hydrogen-bond donors (Lipinski definition) is 1. The zero-order chi connectivity index (χ0) is 12.1. The molecule has 1 aromatic rings. The zero-order valence-corrected chi connectivity index (χ0v) is 9.67. The maximum absolute atomic E-state index is 12.2. The standard InChI is InChI=1S/C10H16F2N4/c1-4-8-14-9(13-2)5-10(15-8)16(3)6-7(11)12/h5,7H,4,6H2,1-3H3,(H,13,14,15). The van der Waals surface area contributed by atoms with Crippen LogP contribution in [0.15, 0.2) is 6.07 Å². The number of aromatic nitrogens is 2. The number of nitrogens with one attached hydrogen (secondary N) is 1. The van der Waals surface area contributed by atoms with E-state index in [2.05, 4.69) is 15.3 Å². The predicted molar refractivity (Wildman–Crippen MR) is 60.2 cm³/mol. The van der Waals surface area contributed by atoms with Crippen LogP contribution in [0.2, 0.25) is 0 Å². The van der Waals surface area contributed by atoms with Gasteiger partial charge in [0.2, 0.25) is 0 Å². The summed E-state index contributed by atoms with van der Waals surface area (Å²) in [7, 11) is 3.33. The van der Waals surface area contributed by atoms with Crippen molar-refractivity contribution in [2.24, 2.45) is 0 Å². The van der Waals surface area contributed by atoms with Crippen molar-refractivity contribution in [1.29, 1.82) is 0 Å². The van der Waals surface area contributed by atoms with Crippen molar-refractivity contribution in [3.63, 3.8) is 0 Å². The lowest BCUT2D eigenvalue weighted by molar-refractivity contribution is 0.156. The maximum atomic E-state index is 12.2. The van der Waals surface area contributed by atoms with E-state index in [-0.39, 0.29) is 6.54 Å². The van der Waals surface area contributed by atoms with Crippen LogP contribution in [-0.2, 0) is 6.42 Å². The van der Waals surface area contributed by atoms with Crippen LogP contribution in [0.5, 0.6) is 0 Å². The molecule has 0 bridgehead atoms. The van der Waals surface area contributed by atoms with Gasteiger partial charge in [-0.2, -0.15) is 0 Å². The smallest absolute Gasteiger partial charge is 0.255 e. The topological polar surface area (TPSA) is 41.1 Å². The van der Waals surface area contributed by atoms with Gasteiger partial charge in [0.1, 0.15) is 17.5 Å². The van der Waals surface area contributed by atoms with Gasteiger partial charge in [-0.05, 0) is 0 Å². The van der Waals surface area contributed by atoms with E-state index in [0.29, 0.717) is 23.9 Å². The van der Waals surface area contributed by atoms with Crippen LogP contribution in [0.3, 0.4) is 0 Å². The number of aryl methyl sites for hydroxylation is 1. The summed E-state index contributed by atoms with van der Waals surface area (Å²) in [5.74, 6) is 1.79. The van der Waals surface area contributed by atoms with E-state index in [1.807, 2.05) is 6.92 Å². The first kappa shape index (κ1) is 12.6. The molecule has 0 aromatic carbocycles. The Bertz CT molecular complexity index is 321. The molecule has 0 saturated heterocycles. The van der Waals surface area contributed by atoms with Crippen LogP contribution in [0.25, 0.3) is 0 Å². The fraction of sp³-hybridized carbons (Fsp3) is 0.600. The van der Waals surface area contributed by atoms with Crippen molar-refractivity contribution in [3.05, 3.63) is 11.9 Å². The first-order valence-electron chi connectivity index (χ1n) is 5.11. The number of nitrogens with zero attached hydrogens (tertiary/aromatic N) is 3. The second kappa shape index (κ2) is 5.58. The summed E-state index contributed by atoms with van der Waals surface area (Å²) in [5, 5.41) is 2.88. The molecule has 90 valence electrons. The lowest BCUT2D eigenvalue weighted by Crippen LogP contribution is -2.25. The molecular weight excluding hydrogens is 214 g/mol. The molecule has 0 atom stereocenters. The van der Waals surface area contributed by atoms with E-state index >= 15 is 0 Å². The van der Waals surface area contributed by atoms with E-state index in [0.717, 1.165) is 0 Å². The molecule has 4 nitrogen and oxygen atoms in total. The lowest BCUT2D eigenvalue weighted by Gasteiger charge is -2.18. The Morgan fingerprint density at radius 3 is 2.62 bits per heavy atom. The van der Waals surface area contributed by atoms with E-state index < -0.39 is 6.43 Å². The Kier molecular flexibility index (Phi) is 4.39. The molecule has 6 heteroatoms. The van der Waals surface area contributed by atoms with E-state index in [1.165, 1.54) is 4.90 Å². The van der Waals surface area contributed by atoms with E-state index in [9.17, 15) is 8.78 Å². The predicted octanol–water partition coefficient (Wildman–Crippen LogP) is 1.78. The van der Waals surface area contributed by atoms with Crippen molar-refractivity contribution >= 4 is 11.6 Å². The SMILES string of the molecule is CCc1nc(NC)cc(N(C)CC(F)F)n1. The Hall–Kier alpha value is -1.46. The van der Waals surface area contributed by atoms with Gasteiger partial charge in [-0.25, -0.2) is 18.7 Å². The highest BCUT2D eigenvalue weighted by Gasteiger charge is 2.11. The summed E-state index contributed by atoms with van der Waals surface area (Å²) in [6.07, 6.45) is -1.70. The quantitative estimate of drug-likeness (QED) is 0.837. The first-order valence-corrected chi connectivity index (χ1v) is 5.11. The van der Waals surface area contributed by atoms with Crippen LogP contribution >= 0.6 is 0 Å². The van der Waals surface area contributed by atoms with Crippen LogP contribution in [0.1, 0.15) is 12.7 Å². The minimum atomic E-state index is -2.37. The summed E-state index contributed by atoms with van der Waals surface area (Å²) in [6, 6.07) is 1.65. The number of hydrogen-bond acceptors (Lipinski definition) is 4. The number of rotatable bonds is 5. The van der Waals surface area contributed by atoms with Crippen LogP contribution < -0.4 is 10.2 Å². The Morgan fingerprint density at radius 1 is 1.44 bits per heavy atom. The van der Waals surface area contributed by atoms with Gasteiger partial charge < -0.3 is 10.2 Å². The van der Waals surface area contributed by atoms with E-state index in [1.54, 1.807) is 20.2 Å². The molecule has 1 rings (SSSR count). The van der Waals surface area contributed by atoms with Gasteiger partial charge in [0.15, 0.2) is 0 Å². The third kappa shape index (κ3) is 3.29. The Labute approximate surface area is 93.7 Å². The number of halogens is 2. The molecule has 0 saturated carbocycles. The second-order valence-corrected chi connectivity index (χ2v) is 3.40. The van der Waals surface area contributed by atoms with Gasteiger partial charge in [0, 0.05) is 26.6 Å². The highest BCUT2D eigenvalue weighted by molar-refractivity contribution is 5.48. The summed E-state index contributed by atoms with van der Waals surface area (Å²) in [5.41, 5.74) is 0. The number of anilines is 2. The molecule has 0 aliphatic carbocycles. The summed E-state index contributed by atoms with van der Waals surface area (Å²) >= 11 is 0. The fourth-order valence-corrected chi connectivity index (χ4v) is 1.27. The molecule has 0 aliphatic rings. The molecule has 0 radical (unpaired) electrons. The summed E-state index contributed by atoms with van der Waals surface area (Å²) in [6.45, 7) is 1.59.